The second kappa shape index (κ2) is 4.99. The Morgan fingerprint density at radius 2 is 2.50 bits per heavy atom. The van der Waals surface area contributed by atoms with E-state index in [1.54, 1.807) is 0 Å². The Balaban J connectivity index is 3.20. The van der Waals surface area contributed by atoms with Gasteiger partial charge in [0, 0.05) is 6.42 Å². The summed E-state index contributed by atoms with van der Waals surface area (Å²) in [6.07, 6.45) is 2.60. The van der Waals surface area contributed by atoms with E-state index < -0.39 is 0 Å². The molecule has 48 valence electrons. The summed E-state index contributed by atoms with van der Waals surface area (Å²) >= 11 is 0. The number of carbonyl (C=O) groups excluding carboxylic acids is 1. The van der Waals surface area contributed by atoms with E-state index in [0.29, 0.717) is 6.42 Å². The highest BCUT2D eigenvalue weighted by Gasteiger charge is 1.99. The molecular weight excluding hydrogens is 120 g/mol. The maximum atomic E-state index is 9.87. The molecule has 0 saturated heterocycles. The van der Waals surface area contributed by atoms with Crippen LogP contribution in [0.5, 0.6) is 0 Å². The molecule has 0 aromatic carbocycles. The normalized spacial score (nSPS) is 13.6. The van der Waals surface area contributed by atoms with Gasteiger partial charge in [-0.15, -0.1) is 0 Å². The predicted octanol–water partition coefficient (Wildman–Crippen LogP) is -0.349. The molecule has 0 aliphatic carbocycles. The quantitative estimate of drug-likeness (QED) is 0.386. The van der Waals surface area contributed by atoms with Gasteiger partial charge >= 0.3 is 0 Å². The molecule has 0 N–H and O–H groups in total. The maximum absolute atomic E-state index is 9.87. The van der Waals surface area contributed by atoms with Gasteiger partial charge < -0.3 is 9.22 Å². The lowest BCUT2D eigenvalue weighted by atomic mass is 10.2. The molecule has 0 bridgehead atoms. The first-order valence-corrected chi connectivity index (χ1v) is 3.63. The Labute approximate surface area is 52.8 Å². The minimum absolute atomic E-state index is 0.194. The topological polar surface area (TPSA) is 26.3 Å². The first kappa shape index (κ1) is 7.85. The zero-order valence-electron chi connectivity index (χ0n) is 5.39. The lowest BCUT2D eigenvalue weighted by Crippen LogP contribution is -2.09. The van der Waals surface area contributed by atoms with E-state index in [2.05, 4.69) is 0 Å². The lowest BCUT2D eigenvalue weighted by molar-refractivity contribution is -0.109. The van der Waals surface area contributed by atoms with Crippen molar-refractivity contribution in [2.45, 2.75) is 25.9 Å². The van der Waals surface area contributed by atoms with Crippen molar-refractivity contribution < 1.29 is 9.22 Å². The van der Waals surface area contributed by atoms with Crippen molar-refractivity contribution in [2.24, 2.45) is 0 Å². The van der Waals surface area contributed by atoms with Gasteiger partial charge in [0.15, 0.2) is 0 Å². The summed E-state index contributed by atoms with van der Waals surface area (Å²) in [5.74, 6) is 0. The zero-order valence-corrected chi connectivity index (χ0v) is 7.39. The number of carbonyl (C=O) groups is 1. The fourth-order valence-corrected chi connectivity index (χ4v) is 1.06. The molecule has 8 heavy (non-hydrogen) atoms. The Hall–Kier alpha value is -0.153. The summed E-state index contributed by atoms with van der Waals surface area (Å²) in [6.45, 7) is 2.02. The Kier molecular flexibility index (Phi) is 4.90. The number of hydrogen-bond donors (Lipinski definition) is 0. The molecule has 0 aromatic rings. The van der Waals surface area contributed by atoms with E-state index in [0.717, 1.165) is 23.2 Å². The minimum Gasteiger partial charge on any atom is -0.425 e. The standard InChI is InChI=1S/C5H12O2Si/c1-2-5(7-8)3-4-6/h4-5H,2-3H2,1,8H3. The zero-order chi connectivity index (χ0) is 6.41. The Morgan fingerprint density at radius 3 is 2.62 bits per heavy atom. The monoisotopic (exact) mass is 132 g/mol. The fourth-order valence-electron chi connectivity index (χ4n) is 0.537. The molecule has 0 saturated carbocycles. The Bertz CT molecular complexity index is 61.4. The van der Waals surface area contributed by atoms with Crippen LogP contribution >= 0.6 is 0 Å². The maximum Gasteiger partial charge on any atom is 0.146 e. The summed E-state index contributed by atoms with van der Waals surface area (Å²) in [5, 5.41) is 0. The smallest absolute Gasteiger partial charge is 0.146 e. The Morgan fingerprint density at radius 1 is 1.88 bits per heavy atom. The highest BCUT2D eigenvalue weighted by molar-refractivity contribution is 5.98. The molecule has 0 aromatic heterocycles. The van der Waals surface area contributed by atoms with Gasteiger partial charge in [0.1, 0.15) is 16.8 Å². The van der Waals surface area contributed by atoms with Gasteiger partial charge in [-0.05, 0) is 6.42 Å². The molecule has 0 aliphatic heterocycles. The molecule has 0 spiro atoms. The van der Waals surface area contributed by atoms with Crippen LogP contribution in [-0.2, 0) is 9.22 Å². The van der Waals surface area contributed by atoms with Crippen LogP contribution in [0, 0.1) is 0 Å². The third-order valence-electron chi connectivity index (χ3n) is 1.15. The minimum atomic E-state index is 0.194. The molecule has 3 heteroatoms. The third-order valence-corrected chi connectivity index (χ3v) is 1.81. The number of rotatable bonds is 4. The van der Waals surface area contributed by atoms with Crippen LogP contribution in [0.25, 0.3) is 0 Å². The van der Waals surface area contributed by atoms with Crippen molar-refractivity contribution in [3.05, 3.63) is 0 Å². The van der Waals surface area contributed by atoms with Crippen LogP contribution in [0.3, 0.4) is 0 Å². The van der Waals surface area contributed by atoms with E-state index in [1.807, 2.05) is 6.92 Å². The van der Waals surface area contributed by atoms with Crippen LogP contribution in [0.2, 0.25) is 0 Å². The highest BCUT2D eigenvalue weighted by Crippen LogP contribution is 1.97. The van der Waals surface area contributed by atoms with Crippen molar-refractivity contribution in [2.75, 3.05) is 0 Å². The number of hydrogen-bond acceptors (Lipinski definition) is 2. The van der Waals surface area contributed by atoms with Crippen LogP contribution in [-0.4, -0.2) is 22.9 Å². The molecule has 1 atom stereocenters. The van der Waals surface area contributed by atoms with Gasteiger partial charge in [-0.2, -0.15) is 0 Å². The summed E-state index contributed by atoms with van der Waals surface area (Å²) in [5.41, 5.74) is 0. The SMILES string of the molecule is CCC(CC=O)O[SiH3]. The molecule has 0 fully saturated rings. The molecule has 0 heterocycles. The van der Waals surface area contributed by atoms with Crippen molar-refractivity contribution >= 4 is 16.8 Å². The van der Waals surface area contributed by atoms with Gasteiger partial charge in [-0.1, -0.05) is 6.92 Å². The summed E-state index contributed by atoms with van der Waals surface area (Å²) in [7, 11) is 0.737. The lowest BCUT2D eigenvalue weighted by Gasteiger charge is -2.07. The second-order valence-electron chi connectivity index (χ2n) is 1.67. The van der Waals surface area contributed by atoms with Crippen molar-refractivity contribution in [3.63, 3.8) is 0 Å². The third kappa shape index (κ3) is 2.93. The van der Waals surface area contributed by atoms with E-state index >= 15 is 0 Å². The molecule has 0 amide bonds. The van der Waals surface area contributed by atoms with Gasteiger partial charge in [0.05, 0.1) is 6.10 Å². The summed E-state index contributed by atoms with van der Waals surface area (Å²) in [6, 6.07) is 0. The van der Waals surface area contributed by atoms with E-state index in [4.69, 9.17) is 4.43 Å². The van der Waals surface area contributed by atoms with Crippen molar-refractivity contribution in [3.8, 4) is 0 Å². The number of aldehydes is 1. The average molecular weight is 132 g/mol. The van der Waals surface area contributed by atoms with Gasteiger partial charge in [0.25, 0.3) is 0 Å². The molecule has 1 unspecified atom stereocenters. The van der Waals surface area contributed by atoms with E-state index in [9.17, 15) is 4.79 Å². The molecule has 0 radical (unpaired) electrons. The first-order valence-electron chi connectivity index (χ1n) is 2.81. The van der Waals surface area contributed by atoms with E-state index in [1.165, 1.54) is 0 Å². The fraction of sp³-hybridized carbons (Fsp3) is 0.800. The predicted molar refractivity (Wildman–Crippen MR) is 35.8 cm³/mol. The van der Waals surface area contributed by atoms with Crippen molar-refractivity contribution in [1.29, 1.82) is 0 Å². The van der Waals surface area contributed by atoms with Crippen LogP contribution in [0.15, 0.2) is 0 Å². The van der Waals surface area contributed by atoms with Gasteiger partial charge in [0.2, 0.25) is 0 Å². The van der Waals surface area contributed by atoms with Crippen LogP contribution in [0.1, 0.15) is 19.8 Å². The summed E-state index contributed by atoms with van der Waals surface area (Å²) in [4.78, 5) is 9.87. The van der Waals surface area contributed by atoms with Gasteiger partial charge in [-0.25, -0.2) is 0 Å². The first-order chi connectivity index (χ1) is 3.85. The van der Waals surface area contributed by atoms with Crippen LogP contribution < -0.4 is 0 Å². The largest absolute Gasteiger partial charge is 0.425 e. The molecule has 0 rings (SSSR count). The highest BCUT2D eigenvalue weighted by atomic mass is 28.2. The molecule has 2 nitrogen and oxygen atoms in total. The van der Waals surface area contributed by atoms with Gasteiger partial charge in [-0.3, -0.25) is 0 Å². The summed E-state index contributed by atoms with van der Waals surface area (Å²) < 4.78 is 5.05. The van der Waals surface area contributed by atoms with Crippen molar-refractivity contribution in [1.82, 2.24) is 0 Å². The molecule has 0 aliphatic rings. The second-order valence-corrected chi connectivity index (χ2v) is 2.14. The van der Waals surface area contributed by atoms with Crippen LogP contribution in [0.4, 0.5) is 0 Å². The van der Waals surface area contributed by atoms with E-state index in [-0.39, 0.29) is 6.10 Å². The average Bonchev–Trinajstić information content (AvgIpc) is 1.83. The molecular formula is C5H12O2Si.